The third kappa shape index (κ3) is 2.88. The maximum atomic E-state index is 5.44. The van der Waals surface area contributed by atoms with Crippen LogP contribution in [0.1, 0.15) is 12.8 Å². The Morgan fingerprint density at radius 3 is 2.90 bits per heavy atom. The molecule has 0 aromatic rings. The van der Waals surface area contributed by atoms with Gasteiger partial charge in [-0.25, -0.2) is 0 Å². The predicted molar refractivity (Wildman–Crippen MR) is 44.7 cm³/mol. The van der Waals surface area contributed by atoms with Crippen LogP contribution in [0.3, 0.4) is 0 Å². The number of hydrogen-bond acceptors (Lipinski definition) is 3. The Labute approximate surface area is 90.8 Å². The van der Waals surface area contributed by atoms with E-state index < -0.39 is 0 Å². The zero-order valence-electron chi connectivity index (χ0n) is 5.46. The van der Waals surface area contributed by atoms with E-state index in [1.165, 1.54) is 0 Å². The van der Waals surface area contributed by atoms with Gasteiger partial charge in [-0.15, -0.1) is 0 Å². The van der Waals surface area contributed by atoms with Gasteiger partial charge in [-0.2, -0.15) is 0 Å². The molecular weight excluding hydrogens is 439 g/mol. The van der Waals surface area contributed by atoms with Crippen LogP contribution in [0.25, 0.3) is 0 Å². The molecule has 2 unspecified atom stereocenters. The van der Waals surface area contributed by atoms with Gasteiger partial charge in [0.15, 0.2) is 0 Å². The van der Waals surface area contributed by atoms with Gasteiger partial charge in [0.05, 0.1) is 0 Å². The molecule has 0 radical (unpaired) electrons. The van der Waals surface area contributed by atoms with Crippen LogP contribution in [0.15, 0.2) is 0 Å². The first-order valence-corrected chi connectivity index (χ1v) is 5.82. The van der Waals surface area contributed by atoms with E-state index in [1.54, 1.807) is 0 Å². The first-order chi connectivity index (χ1) is 4.86. The maximum absolute atomic E-state index is 5.44. The van der Waals surface area contributed by atoms with Gasteiger partial charge >= 0.3 is 91.6 Å². The van der Waals surface area contributed by atoms with Crippen molar-refractivity contribution in [1.29, 1.82) is 0 Å². The van der Waals surface area contributed by atoms with E-state index in [4.69, 9.17) is 10.5 Å². The van der Waals surface area contributed by atoms with Crippen LogP contribution in [-0.2, 0) is 10.5 Å². The van der Waals surface area contributed by atoms with Gasteiger partial charge in [-0.1, -0.05) is 0 Å². The molecule has 2 atom stereocenters. The minimum atomic E-state index is 0.0709. The fourth-order valence-corrected chi connectivity index (χ4v) is 2.15. The first-order valence-electron chi connectivity index (χ1n) is 3.11. The van der Waals surface area contributed by atoms with Gasteiger partial charge in [-0.3, -0.25) is 0 Å². The molecule has 1 saturated heterocycles. The Morgan fingerprint density at radius 2 is 2.40 bits per heavy atom. The van der Waals surface area contributed by atoms with Crippen molar-refractivity contribution >= 4 is 49.2 Å². The van der Waals surface area contributed by atoms with E-state index in [0.29, 0.717) is 32.8 Å². The van der Waals surface area contributed by atoms with Gasteiger partial charge in [0.25, 0.3) is 0 Å². The Balaban J connectivity index is 2.15. The van der Waals surface area contributed by atoms with Gasteiger partial charge in [0, 0.05) is 0 Å². The molecule has 1 fully saturated rings. The number of hydrogen-bond donors (Lipinski definition) is 0. The monoisotopic (exact) mass is 448 g/mol. The van der Waals surface area contributed by atoms with E-state index in [0.717, 1.165) is 12.8 Å². The molecule has 10 heavy (non-hydrogen) atoms. The number of rotatable bonds is 3. The molecule has 0 saturated carbocycles. The van der Waals surface area contributed by atoms with Crippen LogP contribution in [0, 0.1) is 0 Å². The van der Waals surface area contributed by atoms with Gasteiger partial charge in [-0.05, 0) is 0 Å². The van der Waals surface area contributed by atoms with Gasteiger partial charge in [0.1, 0.15) is 0 Å². The summed E-state index contributed by atoms with van der Waals surface area (Å²) in [6.07, 6.45) is 2.43. The van der Waals surface area contributed by atoms with Gasteiger partial charge < -0.3 is 0 Å². The molecule has 0 aliphatic carbocycles. The first kappa shape index (κ1) is 9.62. The van der Waals surface area contributed by atoms with Crippen LogP contribution < -0.4 is 0 Å². The molecule has 56 valence electrons. The van der Waals surface area contributed by atoms with Crippen molar-refractivity contribution in [3.8, 4) is 0 Å². The molecule has 3 nitrogen and oxygen atoms in total. The molecule has 0 bridgehead atoms. The van der Waals surface area contributed by atoms with Crippen LogP contribution in [0.5, 0.6) is 0 Å². The summed E-state index contributed by atoms with van der Waals surface area (Å²) in [6, 6.07) is 0. The second-order valence-corrected chi connectivity index (χ2v) is 3.86. The van der Waals surface area contributed by atoms with Gasteiger partial charge in [0.2, 0.25) is 0 Å². The quantitative estimate of drug-likeness (QED) is 0.477. The van der Waals surface area contributed by atoms with Crippen molar-refractivity contribution in [2.24, 2.45) is 0 Å². The summed E-state index contributed by atoms with van der Waals surface area (Å²) in [5, 5.41) is 0. The molecule has 0 N–H and O–H groups in total. The zero-order valence-corrected chi connectivity index (χ0v) is 12.1. The standard InChI is InChI=1S/C5H8IO3.Tl/c6-8-3-4-1-2-5(7)9-4;/h4-5H,1-3H2;/q-1;+1. The summed E-state index contributed by atoms with van der Waals surface area (Å²) in [5.74, 6) is 0. The Bertz CT molecular complexity index is 103. The molecule has 0 aromatic carbocycles. The minimum absolute atomic E-state index is 0.0709. The molecule has 0 aromatic heterocycles. The molecule has 1 heterocycles. The zero-order chi connectivity index (χ0) is 7.40. The SMILES string of the molecule is IOCC1CCC([O][Tl])O1. The second-order valence-electron chi connectivity index (χ2n) is 2.18. The third-order valence-electron chi connectivity index (χ3n) is 1.47. The fourth-order valence-electron chi connectivity index (χ4n) is 0.966. The summed E-state index contributed by atoms with van der Waals surface area (Å²) in [4.78, 5) is 0. The van der Waals surface area contributed by atoms with Crippen LogP contribution in [-0.4, -0.2) is 45.2 Å². The molecule has 0 amide bonds. The van der Waals surface area contributed by atoms with E-state index in [2.05, 4.69) is 0 Å². The molecule has 1 aliphatic rings. The Morgan fingerprint density at radius 1 is 1.60 bits per heavy atom. The molecule has 0 spiro atoms. The number of ether oxygens (including phenoxy) is 1. The van der Waals surface area contributed by atoms with Crippen LogP contribution >= 0.6 is 23.0 Å². The average molecular weight is 447 g/mol. The van der Waals surface area contributed by atoms with Crippen LogP contribution in [0.2, 0.25) is 0 Å². The summed E-state index contributed by atoms with van der Waals surface area (Å²) >= 11 is 2.46. The van der Waals surface area contributed by atoms with E-state index in [9.17, 15) is 0 Å². The average Bonchev–Trinajstić information content (AvgIpc) is 2.37. The molecular formula is C5H8IO3Tl. The summed E-state index contributed by atoms with van der Waals surface area (Å²) in [5.41, 5.74) is 0. The third-order valence-corrected chi connectivity index (χ3v) is 3.01. The summed E-state index contributed by atoms with van der Waals surface area (Å²) < 4.78 is 15.5. The van der Waals surface area contributed by atoms with E-state index in [1.807, 2.05) is 23.0 Å². The van der Waals surface area contributed by atoms with Crippen molar-refractivity contribution < 1.29 is 10.5 Å². The summed E-state index contributed by atoms with van der Waals surface area (Å²) in [6.45, 7) is 0.686. The second kappa shape index (κ2) is 5.23. The van der Waals surface area contributed by atoms with Crippen molar-refractivity contribution in [2.45, 2.75) is 25.2 Å². The normalized spacial score (nSPS) is 32.8. The fraction of sp³-hybridized carbons (Fsp3) is 1.00. The topological polar surface area (TPSA) is 27.7 Å². The molecule has 5 heteroatoms. The predicted octanol–water partition coefficient (Wildman–Crippen LogP) is 0.958. The Hall–Kier alpha value is 1.53. The van der Waals surface area contributed by atoms with E-state index in [-0.39, 0.29) is 12.4 Å². The summed E-state index contributed by atoms with van der Waals surface area (Å²) in [7, 11) is 0. The van der Waals surface area contributed by atoms with Crippen molar-refractivity contribution in [3.63, 3.8) is 0 Å². The Kier molecular flexibility index (Phi) is 5.03. The van der Waals surface area contributed by atoms with E-state index >= 15 is 0 Å². The van der Waals surface area contributed by atoms with Crippen molar-refractivity contribution in [1.82, 2.24) is 0 Å². The van der Waals surface area contributed by atoms with Crippen LogP contribution in [0.4, 0.5) is 0 Å². The number of halogens is 1. The molecule has 1 rings (SSSR count). The molecule has 1 aliphatic heterocycles. The van der Waals surface area contributed by atoms with Crippen molar-refractivity contribution in [2.75, 3.05) is 6.61 Å². The van der Waals surface area contributed by atoms with Crippen molar-refractivity contribution in [3.05, 3.63) is 0 Å².